The van der Waals surface area contributed by atoms with Crippen LogP contribution in [0.3, 0.4) is 0 Å². The van der Waals surface area contributed by atoms with E-state index >= 15 is 0 Å². The van der Waals surface area contributed by atoms with E-state index in [1.807, 2.05) is 24.8 Å². The highest BCUT2D eigenvalue weighted by atomic mass is 16.2. The molecule has 0 spiro atoms. The molecular formula is C24H28N6O2. The standard InChI is InChI=1S/C24H28N6O2/c1-18(2)23(31)27-20-8-9-22(25-14-20)30-16-21(26-17-30)24(32)29-12-10-28(11-13-29)15-19-6-4-3-5-7-19/h3-9,14,16-18H,10-13,15H2,1-2H3,(H,27,31). The Kier molecular flexibility index (Phi) is 6.61. The van der Waals surface area contributed by atoms with Gasteiger partial charge in [0.15, 0.2) is 0 Å². The van der Waals surface area contributed by atoms with Gasteiger partial charge < -0.3 is 10.2 Å². The first-order valence-corrected chi connectivity index (χ1v) is 10.9. The third-order valence-electron chi connectivity index (χ3n) is 5.51. The molecule has 0 bridgehead atoms. The number of carbonyl (C=O) groups is 2. The van der Waals surface area contributed by atoms with Gasteiger partial charge in [-0.15, -0.1) is 0 Å². The fraction of sp³-hybridized carbons (Fsp3) is 0.333. The van der Waals surface area contributed by atoms with E-state index in [4.69, 9.17) is 0 Å². The Labute approximate surface area is 187 Å². The number of benzene rings is 1. The van der Waals surface area contributed by atoms with Crippen LogP contribution in [0.4, 0.5) is 5.69 Å². The van der Waals surface area contributed by atoms with E-state index in [-0.39, 0.29) is 17.7 Å². The number of amides is 2. The van der Waals surface area contributed by atoms with Crippen LogP contribution in [0.1, 0.15) is 29.9 Å². The van der Waals surface area contributed by atoms with Crippen LogP contribution in [0.5, 0.6) is 0 Å². The molecule has 0 radical (unpaired) electrons. The van der Waals surface area contributed by atoms with E-state index in [1.54, 1.807) is 35.4 Å². The van der Waals surface area contributed by atoms with Crippen LogP contribution in [0.25, 0.3) is 5.82 Å². The maximum absolute atomic E-state index is 12.9. The maximum Gasteiger partial charge on any atom is 0.274 e. The number of pyridine rings is 1. The molecular weight excluding hydrogens is 404 g/mol. The second-order valence-corrected chi connectivity index (χ2v) is 8.27. The fourth-order valence-corrected chi connectivity index (χ4v) is 3.57. The summed E-state index contributed by atoms with van der Waals surface area (Å²) in [4.78, 5) is 37.6. The molecule has 2 amide bonds. The molecule has 8 heteroatoms. The van der Waals surface area contributed by atoms with Gasteiger partial charge in [-0.3, -0.25) is 19.1 Å². The van der Waals surface area contributed by atoms with Crippen molar-refractivity contribution >= 4 is 17.5 Å². The summed E-state index contributed by atoms with van der Waals surface area (Å²) in [5.74, 6) is 0.409. The largest absolute Gasteiger partial charge is 0.335 e. The van der Waals surface area contributed by atoms with Crippen LogP contribution < -0.4 is 5.32 Å². The van der Waals surface area contributed by atoms with E-state index in [0.717, 1.165) is 19.6 Å². The highest BCUT2D eigenvalue weighted by Gasteiger charge is 2.23. The summed E-state index contributed by atoms with van der Waals surface area (Å²) in [6.45, 7) is 7.62. The van der Waals surface area contributed by atoms with E-state index in [0.29, 0.717) is 30.3 Å². The highest BCUT2D eigenvalue weighted by molar-refractivity contribution is 5.92. The van der Waals surface area contributed by atoms with Crippen molar-refractivity contribution in [2.24, 2.45) is 5.92 Å². The number of imidazole rings is 1. The number of piperazine rings is 1. The zero-order valence-electron chi connectivity index (χ0n) is 18.4. The van der Waals surface area contributed by atoms with Gasteiger partial charge in [0.05, 0.1) is 11.9 Å². The minimum absolute atomic E-state index is 0.0565. The molecule has 166 valence electrons. The van der Waals surface area contributed by atoms with Gasteiger partial charge in [-0.25, -0.2) is 9.97 Å². The van der Waals surface area contributed by atoms with Gasteiger partial charge in [0.2, 0.25) is 5.91 Å². The third-order valence-corrected chi connectivity index (χ3v) is 5.51. The van der Waals surface area contributed by atoms with Crippen molar-refractivity contribution in [2.45, 2.75) is 20.4 Å². The number of nitrogens with one attached hydrogen (secondary N) is 1. The topological polar surface area (TPSA) is 83.4 Å². The van der Waals surface area contributed by atoms with Crippen molar-refractivity contribution in [1.82, 2.24) is 24.3 Å². The second-order valence-electron chi connectivity index (χ2n) is 8.27. The molecule has 4 rings (SSSR count). The minimum atomic E-state index is -0.0999. The zero-order chi connectivity index (χ0) is 22.5. The van der Waals surface area contributed by atoms with Crippen LogP contribution in [0.2, 0.25) is 0 Å². The predicted molar refractivity (Wildman–Crippen MR) is 122 cm³/mol. The Bertz CT molecular complexity index is 1050. The minimum Gasteiger partial charge on any atom is -0.335 e. The molecule has 1 aliphatic heterocycles. The molecule has 1 aliphatic rings. The first kappa shape index (κ1) is 21.7. The van der Waals surface area contributed by atoms with E-state index < -0.39 is 0 Å². The molecule has 1 aromatic carbocycles. The number of nitrogens with zero attached hydrogens (tertiary/aromatic N) is 5. The summed E-state index contributed by atoms with van der Waals surface area (Å²) >= 11 is 0. The molecule has 8 nitrogen and oxygen atoms in total. The smallest absolute Gasteiger partial charge is 0.274 e. The Morgan fingerprint density at radius 3 is 2.41 bits per heavy atom. The van der Waals surface area contributed by atoms with Crippen molar-refractivity contribution in [1.29, 1.82) is 0 Å². The maximum atomic E-state index is 12.9. The fourth-order valence-electron chi connectivity index (χ4n) is 3.57. The van der Waals surface area contributed by atoms with Gasteiger partial charge in [0, 0.05) is 44.8 Å². The van der Waals surface area contributed by atoms with Crippen LogP contribution >= 0.6 is 0 Å². The summed E-state index contributed by atoms with van der Waals surface area (Å²) in [5, 5.41) is 2.81. The molecule has 1 fully saturated rings. The number of hydrogen-bond acceptors (Lipinski definition) is 5. The van der Waals surface area contributed by atoms with Gasteiger partial charge >= 0.3 is 0 Å². The molecule has 0 unspecified atom stereocenters. The summed E-state index contributed by atoms with van der Waals surface area (Å²) in [5.41, 5.74) is 2.33. The summed E-state index contributed by atoms with van der Waals surface area (Å²) in [7, 11) is 0. The lowest BCUT2D eigenvalue weighted by Gasteiger charge is -2.34. The van der Waals surface area contributed by atoms with Crippen LogP contribution in [0.15, 0.2) is 61.2 Å². The van der Waals surface area contributed by atoms with Crippen molar-refractivity contribution in [3.05, 3.63) is 72.4 Å². The summed E-state index contributed by atoms with van der Waals surface area (Å²) < 4.78 is 1.72. The number of anilines is 1. The van der Waals surface area contributed by atoms with Gasteiger partial charge in [-0.1, -0.05) is 44.2 Å². The molecule has 3 heterocycles. The molecule has 2 aromatic heterocycles. The molecule has 0 saturated carbocycles. The van der Waals surface area contributed by atoms with Gasteiger partial charge in [-0.05, 0) is 17.7 Å². The number of carbonyl (C=O) groups excluding carboxylic acids is 2. The van der Waals surface area contributed by atoms with E-state index in [1.165, 1.54) is 5.56 Å². The molecule has 32 heavy (non-hydrogen) atoms. The van der Waals surface area contributed by atoms with Crippen LogP contribution in [0, 0.1) is 5.92 Å². The van der Waals surface area contributed by atoms with Gasteiger partial charge in [0.1, 0.15) is 17.8 Å². The van der Waals surface area contributed by atoms with Crippen molar-refractivity contribution < 1.29 is 9.59 Å². The van der Waals surface area contributed by atoms with Crippen LogP contribution in [-0.4, -0.2) is 62.3 Å². The van der Waals surface area contributed by atoms with E-state index in [2.05, 4.69) is 44.5 Å². The average Bonchev–Trinajstić information content (AvgIpc) is 3.30. The lowest BCUT2D eigenvalue weighted by molar-refractivity contribution is -0.118. The normalized spacial score (nSPS) is 14.5. The zero-order valence-corrected chi connectivity index (χ0v) is 18.4. The second kappa shape index (κ2) is 9.74. The van der Waals surface area contributed by atoms with Gasteiger partial charge in [-0.2, -0.15) is 0 Å². The lowest BCUT2D eigenvalue weighted by Crippen LogP contribution is -2.48. The number of aromatic nitrogens is 3. The highest BCUT2D eigenvalue weighted by Crippen LogP contribution is 2.14. The average molecular weight is 433 g/mol. The number of rotatable bonds is 6. The van der Waals surface area contributed by atoms with Crippen molar-refractivity contribution in [3.8, 4) is 5.82 Å². The van der Waals surface area contributed by atoms with E-state index in [9.17, 15) is 9.59 Å². The molecule has 0 aliphatic carbocycles. The Balaban J connectivity index is 1.33. The SMILES string of the molecule is CC(C)C(=O)Nc1ccc(-n2cnc(C(=O)N3CCN(Cc4ccccc4)CC3)c2)nc1. The van der Waals surface area contributed by atoms with Gasteiger partial charge in [0.25, 0.3) is 5.91 Å². The first-order valence-electron chi connectivity index (χ1n) is 10.9. The number of hydrogen-bond donors (Lipinski definition) is 1. The molecule has 1 N–H and O–H groups in total. The Morgan fingerprint density at radius 1 is 1.00 bits per heavy atom. The lowest BCUT2D eigenvalue weighted by atomic mass is 10.2. The Morgan fingerprint density at radius 2 is 1.75 bits per heavy atom. The third kappa shape index (κ3) is 5.20. The van der Waals surface area contributed by atoms with Crippen molar-refractivity contribution in [2.75, 3.05) is 31.5 Å². The van der Waals surface area contributed by atoms with Crippen molar-refractivity contribution in [3.63, 3.8) is 0 Å². The quantitative estimate of drug-likeness (QED) is 0.648. The summed E-state index contributed by atoms with van der Waals surface area (Å²) in [6.07, 6.45) is 4.89. The van der Waals surface area contributed by atoms with Crippen LogP contribution in [-0.2, 0) is 11.3 Å². The molecule has 0 atom stereocenters. The first-order chi connectivity index (χ1) is 15.5. The Hall–Kier alpha value is -3.52. The molecule has 1 saturated heterocycles. The summed E-state index contributed by atoms with van der Waals surface area (Å²) in [6, 6.07) is 14.0. The molecule has 3 aromatic rings. The monoisotopic (exact) mass is 432 g/mol. The predicted octanol–water partition coefficient (Wildman–Crippen LogP) is 2.82.